The number of fused-ring (bicyclic) bond motifs is 1. The maximum Gasteiger partial charge on any atom is 0.180 e. The monoisotopic (exact) mass is 335 g/mol. The molecule has 1 aliphatic rings. The Morgan fingerprint density at radius 1 is 1.24 bits per heavy atom. The van der Waals surface area contributed by atoms with Crippen molar-refractivity contribution in [2.45, 2.75) is 0 Å². The fourth-order valence-electron chi connectivity index (χ4n) is 2.94. The van der Waals surface area contributed by atoms with Crippen molar-refractivity contribution < 1.29 is 0 Å². The van der Waals surface area contributed by atoms with Crippen LogP contribution in [0.5, 0.6) is 0 Å². The van der Waals surface area contributed by atoms with Gasteiger partial charge in [0.15, 0.2) is 11.5 Å². The molecule has 25 heavy (non-hydrogen) atoms. The second-order valence-corrected chi connectivity index (χ2v) is 6.28. The molecule has 0 amide bonds. The van der Waals surface area contributed by atoms with Crippen molar-refractivity contribution in [3.63, 3.8) is 0 Å². The van der Waals surface area contributed by atoms with Gasteiger partial charge in [-0.05, 0) is 18.2 Å². The highest BCUT2D eigenvalue weighted by atomic mass is 15.5. The Morgan fingerprint density at radius 2 is 2.12 bits per heavy atom. The summed E-state index contributed by atoms with van der Waals surface area (Å²) >= 11 is 0. The van der Waals surface area contributed by atoms with Crippen molar-refractivity contribution in [3.05, 3.63) is 54.7 Å². The molecule has 128 valence electrons. The van der Waals surface area contributed by atoms with Crippen molar-refractivity contribution in [1.82, 2.24) is 24.8 Å². The molecule has 0 bridgehead atoms. The van der Waals surface area contributed by atoms with Gasteiger partial charge in [0.2, 0.25) is 0 Å². The van der Waals surface area contributed by atoms with Crippen molar-refractivity contribution in [1.29, 1.82) is 0 Å². The quantitative estimate of drug-likeness (QED) is 0.763. The Labute approximate surface area is 146 Å². The molecule has 0 radical (unpaired) electrons. The van der Waals surface area contributed by atoms with Crippen LogP contribution in [0.4, 0.5) is 17.2 Å². The molecule has 3 heterocycles. The van der Waals surface area contributed by atoms with E-state index in [9.17, 15) is 0 Å². The SMILES string of the molecule is CN1C=C(c2cnc3c(Nc4cccc(N(C)C)c4)nccn23)CN1. The first-order chi connectivity index (χ1) is 12.1. The number of anilines is 3. The van der Waals surface area contributed by atoms with Gasteiger partial charge in [0.25, 0.3) is 0 Å². The minimum Gasteiger partial charge on any atom is -0.378 e. The van der Waals surface area contributed by atoms with E-state index in [1.165, 1.54) is 5.57 Å². The zero-order valence-corrected chi connectivity index (χ0v) is 14.6. The van der Waals surface area contributed by atoms with Gasteiger partial charge in [-0.25, -0.2) is 15.4 Å². The molecule has 3 aromatic rings. The number of rotatable bonds is 4. The predicted octanol–water partition coefficient (Wildman–Crippen LogP) is 2.33. The molecular weight excluding hydrogens is 314 g/mol. The summed E-state index contributed by atoms with van der Waals surface area (Å²) in [6, 6.07) is 8.22. The minimum absolute atomic E-state index is 0.740. The van der Waals surface area contributed by atoms with Gasteiger partial charge in [0, 0.05) is 63.2 Å². The van der Waals surface area contributed by atoms with Crippen LogP contribution >= 0.6 is 0 Å². The third kappa shape index (κ3) is 2.89. The molecule has 0 fully saturated rings. The van der Waals surface area contributed by atoms with Crippen LogP contribution in [0.3, 0.4) is 0 Å². The fraction of sp³-hybridized carbons (Fsp3) is 0.222. The van der Waals surface area contributed by atoms with Gasteiger partial charge in [-0.3, -0.25) is 4.40 Å². The molecule has 0 unspecified atom stereocenters. The topological polar surface area (TPSA) is 60.7 Å². The Morgan fingerprint density at radius 3 is 2.88 bits per heavy atom. The minimum atomic E-state index is 0.740. The molecule has 2 aromatic heterocycles. The molecule has 7 heteroatoms. The molecule has 2 N–H and O–H groups in total. The molecule has 0 saturated carbocycles. The summed E-state index contributed by atoms with van der Waals surface area (Å²) in [4.78, 5) is 11.1. The van der Waals surface area contributed by atoms with Crippen LogP contribution < -0.4 is 15.6 Å². The fourth-order valence-corrected chi connectivity index (χ4v) is 2.94. The molecule has 0 aliphatic carbocycles. The number of nitrogens with one attached hydrogen (secondary N) is 2. The van der Waals surface area contributed by atoms with Crippen LogP contribution in [-0.2, 0) is 0 Å². The van der Waals surface area contributed by atoms with Gasteiger partial charge < -0.3 is 15.2 Å². The first-order valence-corrected chi connectivity index (χ1v) is 8.16. The third-order valence-corrected chi connectivity index (χ3v) is 4.25. The van der Waals surface area contributed by atoms with E-state index in [0.29, 0.717) is 0 Å². The summed E-state index contributed by atoms with van der Waals surface area (Å²) < 4.78 is 2.07. The molecule has 7 nitrogen and oxygen atoms in total. The summed E-state index contributed by atoms with van der Waals surface area (Å²) in [6.45, 7) is 0.792. The highest BCUT2D eigenvalue weighted by Gasteiger charge is 2.16. The lowest BCUT2D eigenvalue weighted by Crippen LogP contribution is -2.23. The van der Waals surface area contributed by atoms with E-state index in [1.807, 2.05) is 50.7 Å². The van der Waals surface area contributed by atoms with Gasteiger partial charge in [-0.15, -0.1) is 0 Å². The van der Waals surface area contributed by atoms with E-state index in [4.69, 9.17) is 0 Å². The third-order valence-electron chi connectivity index (χ3n) is 4.25. The first-order valence-electron chi connectivity index (χ1n) is 8.16. The maximum atomic E-state index is 4.58. The highest BCUT2D eigenvalue weighted by Crippen LogP contribution is 2.25. The van der Waals surface area contributed by atoms with Crippen LogP contribution in [0.1, 0.15) is 5.69 Å². The number of hydrogen-bond donors (Lipinski definition) is 2. The summed E-state index contributed by atoms with van der Waals surface area (Å²) in [5, 5.41) is 5.35. The van der Waals surface area contributed by atoms with Crippen molar-refractivity contribution in [2.24, 2.45) is 0 Å². The number of hydrogen-bond acceptors (Lipinski definition) is 6. The normalized spacial score (nSPS) is 14.0. The molecule has 1 aliphatic heterocycles. The van der Waals surface area contributed by atoms with E-state index in [1.54, 1.807) is 6.20 Å². The molecule has 0 atom stereocenters. The molecular formula is C18H21N7. The van der Waals surface area contributed by atoms with E-state index in [0.717, 1.165) is 35.1 Å². The lowest BCUT2D eigenvalue weighted by molar-refractivity contribution is 0.374. The van der Waals surface area contributed by atoms with E-state index < -0.39 is 0 Å². The van der Waals surface area contributed by atoms with Gasteiger partial charge in [-0.1, -0.05) is 6.07 Å². The molecule has 0 spiro atoms. The van der Waals surface area contributed by atoms with Crippen LogP contribution in [0.15, 0.2) is 49.1 Å². The van der Waals surface area contributed by atoms with Gasteiger partial charge in [0.05, 0.1) is 11.9 Å². The van der Waals surface area contributed by atoms with Crippen molar-refractivity contribution >= 4 is 28.4 Å². The van der Waals surface area contributed by atoms with E-state index in [-0.39, 0.29) is 0 Å². The highest BCUT2D eigenvalue weighted by molar-refractivity contribution is 5.75. The summed E-state index contributed by atoms with van der Waals surface area (Å²) in [6.07, 6.45) is 7.71. The predicted molar refractivity (Wildman–Crippen MR) is 101 cm³/mol. The number of benzene rings is 1. The van der Waals surface area contributed by atoms with Gasteiger partial charge >= 0.3 is 0 Å². The summed E-state index contributed by atoms with van der Waals surface area (Å²) in [5.41, 5.74) is 8.45. The van der Waals surface area contributed by atoms with Gasteiger partial charge in [0.1, 0.15) is 0 Å². The average Bonchev–Trinajstić information content (AvgIpc) is 3.21. The van der Waals surface area contributed by atoms with Crippen LogP contribution in [0, 0.1) is 0 Å². The lowest BCUT2D eigenvalue weighted by Gasteiger charge is -2.14. The standard InChI is InChI=1S/C18H21N7/c1-23(2)15-6-4-5-14(9-15)22-17-18-20-11-16(25(18)8-7-19-17)13-10-21-24(3)12-13/h4-9,11-12,21H,10H2,1-3H3,(H,19,22). The van der Waals surface area contributed by atoms with Crippen molar-refractivity contribution in [3.8, 4) is 0 Å². The first kappa shape index (κ1) is 15.5. The van der Waals surface area contributed by atoms with Gasteiger partial charge in [-0.2, -0.15) is 0 Å². The van der Waals surface area contributed by atoms with Crippen LogP contribution in [0.2, 0.25) is 0 Å². The zero-order chi connectivity index (χ0) is 17.4. The summed E-state index contributed by atoms with van der Waals surface area (Å²) in [7, 11) is 6.04. The van der Waals surface area contributed by atoms with E-state index in [2.05, 4.69) is 48.3 Å². The molecule has 4 rings (SSSR count). The van der Waals surface area contributed by atoms with Crippen LogP contribution in [0.25, 0.3) is 11.2 Å². The average molecular weight is 335 g/mol. The van der Waals surface area contributed by atoms with Crippen LogP contribution in [-0.4, -0.2) is 47.1 Å². The number of nitrogens with zero attached hydrogens (tertiary/aromatic N) is 5. The largest absolute Gasteiger partial charge is 0.378 e. The second kappa shape index (κ2) is 6.10. The number of imidazole rings is 1. The summed E-state index contributed by atoms with van der Waals surface area (Å²) in [5.74, 6) is 0.740. The zero-order valence-electron chi connectivity index (χ0n) is 14.6. The molecule has 1 aromatic carbocycles. The second-order valence-electron chi connectivity index (χ2n) is 6.28. The Kier molecular flexibility index (Phi) is 3.77. The Balaban J connectivity index is 1.70. The Hall–Kier alpha value is -3.06. The number of aromatic nitrogens is 3. The lowest BCUT2D eigenvalue weighted by atomic mass is 10.2. The van der Waals surface area contributed by atoms with Crippen molar-refractivity contribution in [2.75, 3.05) is 37.9 Å². The maximum absolute atomic E-state index is 4.58. The number of hydrazine groups is 1. The van der Waals surface area contributed by atoms with E-state index >= 15 is 0 Å². The smallest absolute Gasteiger partial charge is 0.180 e. The Bertz CT molecular complexity index is 942. The molecule has 0 saturated heterocycles.